The predicted molar refractivity (Wildman–Crippen MR) is 52.2 cm³/mol. The first-order chi connectivity index (χ1) is 6.36. The van der Waals surface area contributed by atoms with Crippen molar-refractivity contribution in [2.24, 2.45) is 0 Å². The first-order valence-electron chi connectivity index (χ1n) is 4.20. The molecule has 1 aromatic heterocycles. The van der Waals surface area contributed by atoms with Crippen LogP contribution in [0.5, 0.6) is 0 Å². The number of hydrogen-bond acceptors (Lipinski definition) is 2. The lowest BCUT2D eigenvalue weighted by molar-refractivity contribution is 1.06. The summed E-state index contributed by atoms with van der Waals surface area (Å²) in [5.74, 6) is 0.805. The van der Waals surface area contributed by atoms with Crippen LogP contribution in [0.25, 0.3) is 11.1 Å². The predicted octanol–water partition coefficient (Wildman–Crippen LogP) is 2.45. The molecule has 0 saturated heterocycles. The molecule has 0 atom stereocenters. The minimum Gasteiger partial charge on any atom is -0.241 e. The topological polar surface area (TPSA) is 25.8 Å². The maximum Gasteiger partial charge on any atom is 0.125 e. The lowest BCUT2D eigenvalue weighted by Crippen LogP contribution is -1.86. The molecule has 0 spiro atoms. The maximum absolute atomic E-state index is 4.14. The van der Waals surface area contributed by atoms with Crippen LogP contribution in [0.3, 0.4) is 0 Å². The molecule has 13 heavy (non-hydrogen) atoms. The van der Waals surface area contributed by atoms with Crippen molar-refractivity contribution >= 4 is 0 Å². The Bertz CT molecular complexity index is 379. The molecule has 2 nitrogen and oxygen atoms in total. The first kappa shape index (κ1) is 7.92. The van der Waals surface area contributed by atoms with Gasteiger partial charge in [-0.25, -0.2) is 9.97 Å². The Morgan fingerprint density at radius 1 is 0.846 bits per heavy atom. The molecule has 0 aliphatic carbocycles. The molecule has 0 bridgehead atoms. The van der Waals surface area contributed by atoms with Crippen molar-refractivity contribution < 1.29 is 0 Å². The molecule has 0 saturated carbocycles. The van der Waals surface area contributed by atoms with Crippen LogP contribution < -0.4 is 0 Å². The van der Waals surface area contributed by atoms with Gasteiger partial charge in [-0.1, -0.05) is 30.3 Å². The summed E-state index contributed by atoms with van der Waals surface area (Å²) in [7, 11) is 0. The zero-order valence-electron chi connectivity index (χ0n) is 7.44. The fraction of sp³-hybridized carbons (Fsp3) is 0.0909. The molecular formula is C11H10N2. The zero-order chi connectivity index (χ0) is 9.10. The summed E-state index contributed by atoms with van der Waals surface area (Å²) >= 11 is 0. The number of hydrogen-bond donors (Lipinski definition) is 0. The number of benzene rings is 1. The van der Waals surface area contributed by atoms with Gasteiger partial charge in [-0.3, -0.25) is 0 Å². The van der Waals surface area contributed by atoms with Gasteiger partial charge in [-0.15, -0.1) is 0 Å². The molecule has 0 radical (unpaired) electrons. The van der Waals surface area contributed by atoms with Crippen LogP contribution in [0, 0.1) is 6.92 Å². The summed E-state index contributed by atoms with van der Waals surface area (Å²) in [5, 5.41) is 0. The smallest absolute Gasteiger partial charge is 0.125 e. The highest BCUT2D eigenvalue weighted by atomic mass is 14.8. The van der Waals surface area contributed by atoms with E-state index in [-0.39, 0.29) is 0 Å². The van der Waals surface area contributed by atoms with Gasteiger partial charge in [0.2, 0.25) is 0 Å². The average Bonchev–Trinajstić information content (AvgIpc) is 2.20. The normalized spacial score (nSPS) is 9.92. The van der Waals surface area contributed by atoms with Crippen molar-refractivity contribution in [3.05, 3.63) is 48.5 Å². The van der Waals surface area contributed by atoms with Gasteiger partial charge >= 0.3 is 0 Å². The Kier molecular flexibility index (Phi) is 2.04. The standard InChI is InChI=1S/C11H10N2/c1-9-12-7-11(8-13-9)10-5-3-2-4-6-10/h2-8H,1H3. The molecule has 0 N–H and O–H groups in total. The van der Waals surface area contributed by atoms with Crippen molar-refractivity contribution in [2.75, 3.05) is 0 Å². The van der Waals surface area contributed by atoms with Crippen LogP contribution in [-0.4, -0.2) is 9.97 Å². The van der Waals surface area contributed by atoms with E-state index in [9.17, 15) is 0 Å². The second kappa shape index (κ2) is 3.35. The monoisotopic (exact) mass is 170 g/mol. The molecule has 0 amide bonds. The molecule has 0 unspecified atom stereocenters. The number of aromatic nitrogens is 2. The first-order valence-corrected chi connectivity index (χ1v) is 4.20. The van der Waals surface area contributed by atoms with E-state index in [1.807, 2.05) is 49.6 Å². The molecular weight excluding hydrogens is 160 g/mol. The van der Waals surface area contributed by atoms with Crippen molar-refractivity contribution in [1.82, 2.24) is 9.97 Å². The number of rotatable bonds is 1. The molecule has 1 aromatic carbocycles. The Morgan fingerprint density at radius 2 is 1.46 bits per heavy atom. The quantitative estimate of drug-likeness (QED) is 0.657. The van der Waals surface area contributed by atoms with Crippen molar-refractivity contribution in [1.29, 1.82) is 0 Å². The number of aryl methyl sites for hydroxylation is 1. The van der Waals surface area contributed by atoms with Crippen LogP contribution in [0.2, 0.25) is 0 Å². The summed E-state index contributed by atoms with van der Waals surface area (Å²) in [4.78, 5) is 8.29. The third-order valence-corrected chi connectivity index (χ3v) is 1.89. The summed E-state index contributed by atoms with van der Waals surface area (Å²) in [6.07, 6.45) is 3.69. The molecule has 0 fully saturated rings. The highest BCUT2D eigenvalue weighted by molar-refractivity contribution is 5.60. The molecule has 2 aromatic rings. The maximum atomic E-state index is 4.14. The highest BCUT2D eigenvalue weighted by Crippen LogP contribution is 2.15. The van der Waals surface area contributed by atoms with Crippen molar-refractivity contribution in [2.45, 2.75) is 6.92 Å². The van der Waals surface area contributed by atoms with Gasteiger partial charge in [-0.05, 0) is 12.5 Å². The highest BCUT2D eigenvalue weighted by Gasteiger charge is 1.95. The van der Waals surface area contributed by atoms with Gasteiger partial charge in [0.15, 0.2) is 0 Å². The summed E-state index contributed by atoms with van der Waals surface area (Å²) in [6, 6.07) is 10.1. The van der Waals surface area contributed by atoms with Crippen LogP contribution in [0.15, 0.2) is 42.7 Å². The minimum atomic E-state index is 0.805. The van der Waals surface area contributed by atoms with E-state index >= 15 is 0 Å². The lowest BCUT2D eigenvalue weighted by Gasteiger charge is -1.99. The van der Waals surface area contributed by atoms with Gasteiger partial charge in [0.25, 0.3) is 0 Å². The lowest BCUT2D eigenvalue weighted by atomic mass is 10.1. The molecule has 2 heteroatoms. The molecule has 0 aliphatic rings. The van der Waals surface area contributed by atoms with E-state index in [0.29, 0.717) is 0 Å². The van der Waals surface area contributed by atoms with Gasteiger partial charge in [0.1, 0.15) is 5.82 Å². The Morgan fingerprint density at radius 3 is 2.08 bits per heavy atom. The largest absolute Gasteiger partial charge is 0.241 e. The Labute approximate surface area is 77.3 Å². The van der Waals surface area contributed by atoms with E-state index in [2.05, 4.69) is 9.97 Å². The van der Waals surface area contributed by atoms with E-state index < -0.39 is 0 Å². The van der Waals surface area contributed by atoms with E-state index in [1.54, 1.807) is 0 Å². The van der Waals surface area contributed by atoms with Crippen molar-refractivity contribution in [3.63, 3.8) is 0 Å². The van der Waals surface area contributed by atoms with E-state index in [1.165, 1.54) is 0 Å². The summed E-state index contributed by atoms with van der Waals surface area (Å²) in [6.45, 7) is 1.88. The van der Waals surface area contributed by atoms with Crippen LogP contribution in [0.4, 0.5) is 0 Å². The van der Waals surface area contributed by atoms with Crippen LogP contribution in [-0.2, 0) is 0 Å². The Hall–Kier alpha value is -1.70. The molecule has 2 rings (SSSR count). The van der Waals surface area contributed by atoms with Crippen LogP contribution in [0.1, 0.15) is 5.82 Å². The van der Waals surface area contributed by atoms with Gasteiger partial charge in [0, 0.05) is 18.0 Å². The van der Waals surface area contributed by atoms with Gasteiger partial charge in [0.05, 0.1) is 0 Å². The van der Waals surface area contributed by atoms with Crippen molar-refractivity contribution in [3.8, 4) is 11.1 Å². The van der Waals surface area contributed by atoms with Gasteiger partial charge < -0.3 is 0 Å². The Balaban J connectivity index is 2.42. The molecule has 0 aliphatic heterocycles. The van der Waals surface area contributed by atoms with Crippen LogP contribution >= 0.6 is 0 Å². The van der Waals surface area contributed by atoms with E-state index in [0.717, 1.165) is 17.0 Å². The number of nitrogens with zero attached hydrogens (tertiary/aromatic N) is 2. The fourth-order valence-electron chi connectivity index (χ4n) is 1.17. The SMILES string of the molecule is Cc1ncc(-c2ccccc2)cn1. The minimum absolute atomic E-state index is 0.805. The zero-order valence-corrected chi connectivity index (χ0v) is 7.44. The second-order valence-electron chi connectivity index (χ2n) is 2.88. The van der Waals surface area contributed by atoms with E-state index in [4.69, 9.17) is 0 Å². The summed E-state index contributed by atoms with van der Waals surface area (Å²) < 4.78 is 0. The molecule has 1 heterocycles. The van der Waals surface area contributed by atoms with Gasteiger partial charge in [-0.2, -0.15) is 0 Å². The average molecular weight is 170 g/mol. The summed E-state index contributed by atoms with van der Waals surface area (Å²) in [5.41, 5.74) is 2.22. The third-order valence-electron chi connectivity index (χ3n) is 1.89. The fourth-order valence-corrected chi connectivity index (χ4v) is 1.17. The molecule has 64 valence electrons. The third kappa shape index (κ3) is 1.72. The second-order valence-corrected chi connectivity index (χ2v) is 2.88.